The molecule has 0 bridgehead atoms. The van der Waals surface area contributed by atoms with Crippen molar-refractivity contribution in [3.8, 4) is 5.75 Å². The highest BCUT2D eigenvalue weighted by Crippen LogP contribution is 2.25. The Kier molecular flexibility index (Phi) is 9.92. The van der Waals surface area contributed by atoms with Crippen LogP contribution < -0.4 is 4.74 Å². The number of esters is 1. The van der Waals surface area contributed by atoms with E-state index in [9.17, 15) is 9.59 Å². The molecule has 0 spiro atoms. The molecule has 1 aliphatic rings. The first kappa shape index (κ1) is 20.2. The minimum absolute atomic E-state index is 0. The van der Waals surface area contributed by atoms with Crippen LogP contribution in [-0.2, 0) is 9.53 Å². The molecule has 1 saturated carbocycles. The minimum atomic E-state index is -0.308. The van der Waals surface area contributed by atoms with Crippen molar-refractivity contribution in [1.29, 1.82) is 0 Å². The number of carbonyl (C=O) groups excluding carboxylic acids is 2. The van der Waals surface area contributed by atoms with Crippen LogP contribution in [0.5, 0.6) is 5.75 Å². The highest BCUT2D eigenvalue weighted by Gasteiger charge is 2.23. The number of aldehydes is 1. The molecule has 2 rings (SSSR count). The first-order valence-electron chi connectivity index (χ1n) is 7.53. The van der Waals surface area contributed by atoms with Gasteiger partial charge >= 0.3 is 5.97 Å². The second-order valence-electron chi connectivity index (χ2n) is 4.81. The van der Waals surface area contributed by atoms with Crippen LogP contribution in [0, 0.1) is 5.92 Å². The van der Waals surface area contributed by atoms with Gasteiger partial charge in [-0.25, -0.2) is 4.79 Å². The van der Waals surface area contributed by atoms with Gasteiger partial charge in [-0.2, -0.15) is 0 Å². The molecule has 0 N–H and O–H groups in total. The molecule has 1 aromatic carbocycles. The molecular formula is C18H28O4. The molecule has 1 aromatic rings. The largest absolute Gasteiger partial charge is 0.497 e. The summed E-state index contributed by atoms with van der Waals surface area (Å²) in [7, 11) is 1.58. The summed E-state index contributed by atoms with van der Waals surface area (Å²) < 4.78 is 10.5. The van der Waals surface area contributed by atoms with Gasteiger partial charge in [0.15, 0.2) is 0 Å². The number of rotatable bonds is 4. The average molecular weight is 308 g/mol. The summed E-state index contributed by atoms with van der Waals surface area (Å²) in [5.74, 6) is 0.538. The van der Waals surface area contributed by atoms with Gasteiger partial charge in [-0.3, -0.25) is 0 Å². The molecule has 0 saturated heterocycles. The van der Waals surface area contributed by atoms with Gasteiger partial charge in [0.1, 0.15) is 18.1 Å². The summed E-state index contributed by atoms with van der Waals surface area (Å²) >= 11 is 0. The van der Waals surface area contributed by atoms with Gasteiger partial charge in [-0.1, -0.05) is 21.3 Å². The van der Waals surface area contributed by atoms with Crippen molar-refractivity contribution in [3.63, 3.8) is 0 Å². The fourth-order valence-corrected chi connectivity index (χ4v) is 2.29. The summed E-state index contributed by atoms with van der Waals surface area (Å²) in [5.41, 5.74) is 0.526. The molecule has 4 heteroatoms. The van der Waals surface area contributed by atoms with Crippen LogP contribution >= 0.6 is 0 Å². The van der Waals surface area contributed by atoms with Crippen molar-refractivity contribution in [3.05, 3.63) is 29.8 Å². The Bertz CT molecular complexity index is 431. The second kappa shape index (κ2) is 10.8. The van der Waals surface area contributed by atoms with E-state index >= 15 is 0 Å². The number of hydrogen-bond acceptors (Lipinski definition) is 4. The van der Waals surface area contributed by atoms with Crippen LogP contribution in [0.3, 0.4) is 0 Å². The van der Waals surface area contributed by atoms with E-state index in [0.29, 0.717) is 11.3 Å². The highest BCUT2D eigenvalue weighted by atomic mass is 16.5. The summed E-state index contributed by atoms with van der Waals surface area (Å²) in [6.45, 7) is 4.00. The normalized spacial score (nSPS) is 19.8. The molecular weight excluding hydrogens is 280 g/mol. The zero-order valence-corrected chi connectivity index (χ0v) is 13.0. The molecule has 22 heavy (non-hydrogen) atoms. The van der Waals surface area contributed by atoms with Crippen molar-refractivity contribution in [2.24, 2.45) is 5.92 Å². The van der Waals surface area contributed by atoms with Crippen molar-refractivity contribution in [1.82, 2.24) is 0 Å². The predicted molar refractivity (Wildman–Crippen MR) is 88.3 cm³/mol. The molecule has 0 atom stereocenters. The lowest BCUT2D eigenvalue weighted by Crippen LogP contribution is -2.25. The molecule has 0 heterocycles. The maximum Gasteiger partial charge on any atom is 0.338 e. The molecule has 0 amide bonds. The molecule has 0 radical (unpaired) electrons. The fourth-order valence-electron chi connectivity index (χ4n) is 2.29. The van der Waals surface area contributed by atoms with E-state index in [1.54, 1.807) is 31.4 Å². The topological polar surface area (TPSA) is 52.6 Å². The Hall–Kier alpha value is -1.84. The number of hydrogen-bond donors (Lipinski definition) is 0. The summed E-state index contributed by atoms with van der Waals surface area (Å²) in [4.78, 5) is 22.6. The zero-order chi connectivity index (χ0) is 15.7. The summed E-state index contributed by atoms with van der Waals surface area (Å²) in [6.07, 6.45) is 4.09. The Labute approximate surface area is 133 Å². The molecule has 0 aromatic heterocycles. The lowest BCUT2D eigenvalue weighted by molar-refractivity contribution is -0.112. The van der Waals surface area contributed by atoms with Gasteiger partial charge in [-0.05, 0) is 49.9 Å². The van der Waals surface area contributed by atoms with Gasteiger partial charge in [-0.15, -0.1) is 0 Å². The van der Waals surface area contributed by atoms with Gasteiger partial charge < -0.3 is 14.3 Å². The van der Waals surface area contributed by atoms with Crippen molar-refractivity contribution in [2.75, 3.05) is 7.11 Å². The maximum absolute atomic E-state index is 11.9. The number of methoxy groups -OCH3 is 1. The van der Waals surface area contributed by atoms with E-state index in [1.807, 2.05) is 13.8 Å². The van der Waals surface area contributed by atoms with Gasteiger partial charge in [0, 0.05) is 5.92 Å². The average Bonchev–Trinajstić information content (AvgIpc) is 2.57. The number of benzene rings is 1. The molecule has 1 fully saturated rings. The molecule has 124 valence electrons. The van der Waals surface area contributed by atoms with E-state index < -0.39 is 0 Å². The van der Waals surface area contributed by atoms with Gasteiger partial charge in [0.25, 0.3) is 0 Å². The van der Waals surface area contributed by atoms with E-state index in [0.717, 1.165) is 32.0 Å². The Morgan fingerprint density at radius 1 is 1.09 bits per heavy atom. The lowest BCUT2D eigenvalue weighted by Gasteiger charge is -2.25. The monoisotopic (exact) mass is 308 g/mol. The second-order valence-corrected chi connectivity index (χ2v) is 4.81. The molecule has 0 unspecified atom stereocenters. The van der Waals surface area contributed by atoms with Crippen LogP contribution in [0.1, 0.15) is 57.3 Å². The Morgan fingerprint density at radius 3 is 2.09 bits per heavy atom. The van der Waals surface area contributed by atoms with Crippen LogP contribution in [0.4, 0.5) is 0 Å². The van der Waals surface area contributed by atoms with Crippen LogP contribution in [0.15, 0.2) is 24.3 Å². The third-order valence-corrected chi connectivity index (χ3v) is 3.51. The van der Waals surface area contributed by atoms with Crippen LogP contribution in [0.25, 0.3) is 0 Å². The number of carbonyl (C=O) groups is 2. The van der Waals surface area contributed by atoms with Crippen LogP contribution in [-0.4, -0.2) is 25.5 Å². The molecule has 4 nitrogen and oxygen atoms in total. The molecule has 1 aliphatic carbocycles. The number of ether oxygens (including phenoxy) is 2. The quantitative estimate of drug-likeness (QED) is 0.615. The summed E-state index contributed by atoms with van der Waals surface area (Å²) in [5, 5.41) is 0. The standard InChI is InChI=1S/C15H18O4.C2H6.CH4/c1-18-13-8-4-12(5-9-13)15(17)19-14-6-2-11(10-16)3-7-14;1-2;/h4-5,8-11,14H,2-3,6-7H2,1H3;1-2H3;1H4. The van der Waals surface area contributed by atoms with Crippen molar-refractivity contribution >= 4 is 12.3 Å². The fraction of sp³-hybridized carbons (Fsp3) is 0.556. The SMILES string of the molecule is C.CC.COc1ccc(C(=O)OC2CCC(C=O)CC2)cc1. The van der Waals surface area contributed by atoms with Crippen molar-refractivity contribution < 1.29 is 19.1 Å². The zero-order valence-electron chi connectivity index (χ0n) is 13.0. The smallest absolute Gasteiger partial charge is 0.338 e. The van der Waals surface area contributed by atoms with Gasteiger partial charge in [0.05, 0.1) is 12.7 Å². The van der Waals surface area contributed by atoms with E-state index in [1.165, 1.54) is 0 Å². The Morgan fingerprint density at radius 2 is 1.64 bits per heavy atom. The minimum Gasteiger partial charge on any atom is -0.497 e. The van der Waals surface area contributed by atoms with Gasteiger partial charge in [0.2, 0.25) is 0 Å². The van der Waals surface area contributed by atoms with E-state index in [4.69, 9.17) is 9.47 Å². The predicted octanol–water partition coefficient (Wildman–Crippen LogP) is 4.27. The molecule has 0 aliphatic heterocycles. The third-order valence-electron chi connectivity index (χ3n) is 3.51. The highest BCUT2D eigenvalue weighted by molar-refractivity contribution is 5.89. The maximum atomic E-state index is 11.9. The first-order valence-corrected chi connectivity index (χ1v) is 7.53. The van der Waals surface area contributed by atoms with E-state index in [-0.39, 0.29) is 25.4 Å². The summed E-state index contributed by atoms with van der Waals surface area (Å²) in [6, 6.07) is 6.86. The lowest BCUT2D eigenvalue weighted by atomic mass is 9.88. The third kappa shape index (κ3) is 5.88. The van der Waals surface area contributed by atoms with E-state index in [2.05, 4.69) is 0 Å². The first-order chi connectivity index (χ1) is 10.2. The Balaban J connectivity index is 0.00000141. The van der Waals surface area contributed by atoms with Crippen LogP contribution in [0.2, 0.25) is 0 Å². The van der Waals surface area contributed by atoms with Crippen molar-refractivity contribution in [2.45, 2.75) is 53.1 Å².